The third-order valence-electron chi connectivity index (χ3n) is 4.80. The summed E-state index contributed by atoms with van der Waals surface area (Å²) in [7, 11) is -3.75. The van der Waals surface area contributed by atoms with Crippen LogP contribution in [0.3, 0.4) is 0 Å². The molecule has 0 amide bonds. The van der Waals surface area contributed by atoms with Gasteiger partial charge in [0, 0.05) is 6.54 Å². The largest absolute Gasteiger partial charge is 0.477 e. The molecule has 3 unspecified atom stereocenters. The average molecular weight is 329 g/mol. The fourth-order valence-corrected chi connectivity index (χ4v) is 6.55. The zero-order valence-corrected chi connectivity index (χ0v) is 13.5. The fraction of sp³-hybridized carbons (Fsp3) is 0.643. The number of fused-ring (bicyclic) bond motifs is 2. The molecule has 0 spiro atoms. The molecule has 0 aromatic carbocycles. The van der Waals surface area contributed by atoms with Gasteiger partial charge in [0.15, 0.2) is 0 Å². The first-order valence-corrected chi connectivity index (χ1v) is 9.56. The van der Waals surface area contributed by atoms with E-state index in [0.29, 0.717) is 23.9 Å². The van der Waals surface area contributed by atoms with Crippen LogP contribution in [0.5, 0.6) is 0 Å². The second-order valence-electron chi connectivity index (χ2n) is 6.17. The Morgan fingerprint density at radius 1 is 1.43 bits per heavy atom. The number of sulfonamides is 1. The van der Waals surface area contributed by atoms with E-state index in [2.05, 4.69) is 4.72 Å². The van der Waals surface area contributed by atoms with Crippen LogP contribution < -0.4 is 4.72 Å². The number of aromatic carboxylic acids is 1. The van der Waals surface area contributed by atoms with E-state index in [1.165, 1.54) is 19.3 Å². The van der Waals surface area contributed by atoms with Crippen LogP contribution in [-0.4, -0.2) is 26.0 Å². The number of thiophene rings is 1. The van der Waals surface area contributed by atoms with Crippen LogP contribution in [0, 0.1) is 24.7 Å². The Bertz CT molecular complexity index is 665. The molecular weight excluding hydrogens is 310 g/mol. The minimum Gasteiger partial charge on any atom is -0.477 e. The van der Waals surface area contributed by atoms with E-state index in [-0.39, 0.29) is 9.77 Å². The summed E-state index contributed by atoms with van der Waals surface area (Å²) in [5.74, 6) is 0.626. The van der Waals surface area contributed by atoms with Crippen LogP contribution in [-0.2, 0) is 10.0 Å². The summed E-state index contributed by atoms with van der Waals surface area (Å²) in [5, 5.41) is 10.7. The molecule has 2 aliphatic rings. The third-order valence-corrected chi connectivity index (χ3v) is 7.63. The third kappa shape index (κ3) is 2.74. The highest BCUT2D eigenvalue weighted by atomic mass is 32.2. The molecule has 7 heteroatoms. The highest BCUT2D eigenvalue weighted by Gasteiger charge is 2.40. The first kappa shape index (κ1) is 15.0. The Morgan fingerprint density at radius 3 is 2.76 bits per heavy atom. The van der Waals surface area contributed by atoms with Crippen LogP contribution in [0.1, 0.15) is 40.9 Å². The van der Waals surface area contributed by atoms with E-state index >= 15 is 0 Å². The van der Waals surface area contributed by atoms with Crippen LogP contribution in [0.4, 0.5) is 0 Å². The quantitative estimate of drug-likeness (QED) is 0.869. The highest BCUT2D eigenvalue weighted by Crippen LogP contribution is 2.48. The van der Waals surface area contributed by atoms with Crippen molar-refractivity contribution in [2.24, 2.45) is 17.8 Å². The van der Waals surface area contributed by atoms with Gasteiger partial charge in [0.1, 0.15) is 9.77 Å². The standard InChI is InChI=1S/C14H19NO4S2/c1-8-7-20-12(14(16)17)13(8)21(18,19)15-6-11-5-9-2-3-10(11)4-9/h7,9-11,15H,2-6H2,1H3,(H,16,17). The Balaban J connectivity index is 1.75. The zero-order chi connectivity index (χ0) is 15.2. The molecule has 21 heavy (non-hydrogen) atoms. The Morgan fingerprint density at radius 2 is 2.19 bits per heavy atom. The van der Waals surface area contributed by atoms with Gasteiger partial charge >= 0.3 is 5.97 Å². The molecule has 0 aliphatic heterocycles. The van der Waals surface area contributed by atoms with Gasteiger partial charge in [-0.25, -0.2) is 17.9 Å². The Labute approximate surface area is 128 Å². The minimum atomic E-state index is -3.75. The fourth-order valence-electron chi connectivity index (χ4n) is 3.83. The molecule has 2 saturated carbocycles. The second kappa shape index (κ2) is 5.37. The molecule has 1 aromatic rings. The van der Waals surface area contributed by atoms with Gasteiger partial charge in [-0.3, -0.25) is 0 Å². The van der Waals surface area contributed by atoms with Gasteiger partial charge in [-0.1, -0.05) is 6.42 Å². The molecule has 2 N–H and O–H groups in total. The van der Waals surface area contributed by atoms with Crippen LogP contribution in [0.15, 0.2) is 10.3 Å². The smallest absolute Gasteiger partial charge is 0.347 e. The normalized spacial score (nSPS) is 28.1. The van der Waals surface area contributed by atoms with Crippen molar-refractivity contribution in [2.75, 3.05) is 6.54 Å². The molecule has 1 heterocycles. The topological polar surface area (TPSA) is 83.5 Å². The molecular formula is C14H19NO4S2. The highest BCUT2D eigenvalue weighted by molar-refractivity contribution is 7.89. The van der Waals surface area contributed by atoms with Gasteiger partial charge in [0.2, 0.25) is 10.0 Å². The maximum absolute atomic E-state index is 12.4. The molecule has 0 radical (unpaired) electrons. The summed E-state index contributed by atoms with van der Waals surface area (Å²) < 4.78 is 27.5. The molecule has 2 bridgehead atoms. The van der Waals surface area contributed by atoms with Crippen LogP contribution in [0.2, 0.25) is 0 Å². The second-order valence-corrected chi connectivity index (χ2v) is 8.75. The van der Waals surface area contributed by atoms with Crippen LogP contribution >= 0.6 is 11.3 Å². The number of carboxylic acid groups (broad SMARTS) is 1. The van der Waals surface area contributed by atoms with E-state index in [9.17, 15) is 13.2 Å². The zero-order valence-electron chi connectivity index (χ0n) is 11.8. The number of hydrogen-bond acceptors (Lipinski definition) is 4. The van der Waals surface area contributed by atoms with Gasteiger partial charge in [0.25, 0.3) is 0 Å². The number of carboxylic acids is 1. The maximum Gasteiger partial charge on any atom is 0.347 e. The van der Waals surface area contributed by atoms with Crippen molar-refractivity contribution in [2.45, 2.75) is 37.5 Å². The number of aryl methyl sites for hydroxylation is 1. The van der Waals surface area contributed by atoms with E-state index in [0.717, 1.165) is 23.7 Å². The average Bonchev–Trinajstić information content (AvgIpc) is 3.10. The first-order valence-electron chi connectivity index (χ1n) is 7.19. The number of hydrogen-bond donors (Lipinski definition) is 2. The van der Waals surface area contributed by atoms with E-state index in [4.69, 9.17) is 5.11 Å². The SMILES string of the molecule is Cc1csc(C(=O)O)c1S(=O)(=O)NCC1CC2CCC1C2. The summed E-state index contributed by atoms with van der Waals surface area (Å²) in [5.41, 5.74) is 0.498. The minimum absolute atomic E-state index is 0.0665. The van der Waals surface area contributed by atoms with Crippen molar-refractivity contribution in [1.82, 2.24) is 4.72 Å². The lowest BCUT2D eigenvalue weighted by molar-refractivity contribution is 0.0698. The predicted octanol–water partition coefficient (Wildman–Crippen LogP) is 2.47. The monoisotopic (exact) mass is 329 g/mol. The summed E-state index contributed by atoms with van der Waals surface area (Å²) in [6.45, 7) is 2.06. The molecule has 3 atom stereocenters. The van der Waals surface area contributed by atoms with Crippen molar-refractivity contribution in [1.29, 1.82) is 0 Å². The van der Waals surface area contributed by atoms with Gasteiger partial charge in [0.05, 0.1) is 0 Å². The van der Waals surface area contributed by atoms with E-state index < -0.39 is 16.0 Å². The molecule has 5 nitrogen and oxygen atoms in total. The lowest BCUT2D eigenvalue weighted by atomic mass is 9.89. The van der Waals surface area contributed by atoms with E-state index in [1.807, 2.05) is 0 Å². The lowest BCUT2D eigenvalue weighted by Crippen LogP contribution is -2.32. The Kier molecular flexibility index (Phi) is 3.83. The van der Waals surface area contributed by atoms with Crippen molar-refractivity contribution in [3.63, 3.8) is 0 Å². The molecule has 116 valence electrons. The summed E-state index contributed by atoms with van der Waals surface area (Å²) in [6, 6.07) is 0. The first-order chi connectivity index (χ1) is 9.88. The van der Waals surface area contributed by atoms with Gasteiger partial charge < -0.3 is 5.11 Å². The van der Waals surface area contributed by atoms with Gasteiger partial charge in [-0.15, -0.1) is 11.3 Å². The lowest BCUT2D eigenvalue weighted by Gasteiger charge is -2.21. The molecule has 2 fully saturated rings. The van der Waals surface area contributed by atoms with Gasteiger partial charge in [-0.2, -0.15) is 0 Å². The van der Waals surface area contributed by atoms with Crippen molar-refractivity contribution < 1.29 is 18.3 Å². The molecule has 1 aromatic heterocycles. The Hall–Kier alpha value is -0.920. The van der Waals surface area contributed by atoms with Gasteiger partial charge in [-0.05, 0) is 54.9 Å². The molecule has 2 aliphatic carbocycles. The summed E-state index contributed by atoms with van der Waals surface area (Å²) in [6.07, 6.45) is 4.81. The molecule has 0 saturated heterocycles. The summed E-state index contributed by atoms with van der Waals surface area (Å²) >= 11 is 0.963. The predicted molar refractivity (Wildman–Crippen MR) is 80.1 cm³/mol. The maximum atomic E-state index is 12.4. The van der Waals surface area contributed by atoms with Crippen LogP contribution in [0.25, 0.3) is 0 Å². The molecule has 3 rings (SSSR count). The number of nitrogens with one attached hydrogen (secondary N) is 1. The van der Waals surface area contributed by atoms with E-state index in [1.54, 1.807) is 12.3 Å². The van der Waals surface area contributed by atoms with Crippen molar-refractivity contribution in [3.8, 4) is 0 Å². The van der Waals surface area contributed by atoms with Crippen molar-refractivity contribution >= 4 is 27.3 Å². The number of rotatable bonds is 5. The summed E-state index contributed by atoms with van der Waals surface area (Å²) in [4.78, 5) is 11.0. The number of carbonyl (C=O) groups is 1. The van der Waals surface area contributed by atoms with Crippen molar-refractivity contribution in [3.05, 3.63) is 15.8 Å².